The van der Waals surface area contributed by atoms with E-state index in [0.717, 1.165) is 11.1 Å². The molecule has 0 saturated heterocycles. The number of alkyl halides is 1. The van der Waals surface area contributed by atoms with Crippen molar-refractivity contribution in [3.8, 4) is 0 Å². The van der Waals surface area contributed by atoms with Crippen molar-refractivity contribution in [2.24, 2.45) is 0 Å². The summed E-state index contributed by atoms with van der Waals surface area (Å²) in [5.74, 6) is 0.00230. The summed E-state index contributed by atoms with van der Waals surface area (Å²) in [6, 6.07) is 14.7. The molecule has 0 aromatic heterocycles. The van der Waals surface area contributed by atoms with Crippen LogP contribution in [0.3, 0.4) is 0 Å². The molecule has 2 aromatic carbocycles. The van der Waals surface area contributed by atoms with E-state index in [0.29, 0.717) is 12.4 Å². The minimum atomic E-state index is -0.404. The van der Waals surface area contributed by atoms with Gasteiger partial charge in [-0.1, -0.05) is 54.1 Å². The molecule has 1 nitrogen and oxygen atoms in total. The molecule has 0 saturated carbocycles. The molecule has 1 atom stereocenters. The maximum Gasteiger partial charge on any atom is 0.142 e. The maximum atomic E-state index is 13.4. The molecule has 1 N–H and O–H groups in total. The van der Waals surface area contributed by atoms with Gasteiger partial charge < -0.3 is 5.32 Å². The van der Waals surface area contributed by atoms with Crippen LogP contribution < -0.4 is 5.32 Å². The fourth-order valence-corrected chi connectivity index (χ4v) is 2.45. The van der Waals surface area contributed by atoms with Crippen molar-refractivity contribution in [2.75, 3.05) is 5.88 Å². The summed E-state index contributed by atoms with van der Waals surface area (Å²) in [6.45, 7) is 2.47. The van der Waals surface area contributed by atoms with Crippen LogP contribution in [0.5, 0.6) is 0 Å². The summed E-state index contributed by atoms with van der Waals surface area (Å²) in [6.07, 6.45) is 0. The molecule has 2 rings (SSSR count). The number of benzene rings is 2. The van der Waals surface area contributed by atoms with E-state index < -0.39 is 11.4 Å². The normalized spacial score (nSPS) is 14.0. The number of hydrogen-bond acceptors (Lipinski definition) is 1. The Kier molecular flexibility index (Phi) is 5.03. The zero-order chi connectivity index (χ0) is 14.6. The molecule has 0 fully saturated rings. The van der Waals surface area contributed by atoms with Crippen molar-refractivity contribution in [1.29, 1.82) is 0 Å². The lowest BCUT2D eigenvalue weighted by Gasteiger charge is -2.29. The first kappa shape index (κ1) is 15.3. The van der Waals surface area contributed by atoms with E-state index in [-0.39, 0.29) is 5.02 Å². The third-order valence-corrected chi connectivity index (χ3v) is 4.34. The van der Waals surface area contributed by atoms with Crippen LogP contribution in [-0.2, 0) is 12.1 Å². The second kappa shape index (κ2) is 6.57. The molecule has 0 bridgehead atoms. The van der Waals surface area contributed by atoms with Gasteiger partial charge in [0.2, 0.25) is 0 Å². The van der Waals surface area contributed by atoms with Crippen molar-refractivity contribution >= 4 is 23.2 Å². The van der Waals surface area contributed by atoms with Gasteiger partial charge in [0, 0.05) is 12.4 Å². The second-order valence-electron chi connectivity index (χ2n) is 4.90. The van der Waals surface area contributed by atoms with Crippen LogP contribution in [-0.4, -0.2) is 5.88 Å². The molecule has 1 unspecified atom stereocenters. The van der Waals surface area contributed by atoms with Crippen molar-refractivity contribution < 1.29 is 4.39 Å². The lowest BCUT2D eigenvalue weighted by molar-refractivity contribution is 0.406. The minimum absolute atomic E-state index is 0.157. The van der Waals surface area contributed by atoms with Gasteiger partial charge in [0.05, 0.1) is 10.6 Å². The van der Waals surface area contributed by atoms with E-state index in [2.05, 4.69) is 5.32 Å². The second-order valence-corrected chi connectivity index (χ2v) is 5.54. The predicted molar refractivity (Wildman–Crippen MR) is 82.8 cm³/mol. The van der Waals surface area contributed by atoms with E-state index in [1.54, 1.807) is 12.1 Å². The Morgan fingerprint density at radius 3 is 2.45 bits per heavy atom. The van der Waals surface area contributed by atoms with Gasteiger partial charge >= 0.3 is 0 Å². The summed E-state index contributed by atoms with van der Waals surface area (Å²) in [7, 11) is 0. The lowest BCUT2D eigenvalue weighted by Crippen LogP contribution is -2.40. The van der Waals surface area contributed by atoms with Crippen LogP contribution in [0.15, 0.2) is 48.5 Å². The molecule has 0 aliphatic heterocycles. The lowest BCUT2D eigenvalue weighted by atomic mass is 9.94. The highest BCUT2D eigenvalue weighted by atomic mass is 35.5. The SMILES string of the molecule is CC(CCl)(NCc1cccc(F)c1Cl)c1ccccc1. The average Bonchev–Trinajstić information content (AvgIpc) is 2.49. The molecule has 106 valence electrons. The van der Waals surface area contributed by atoms with Gasteiger partial charge in [-0.3, -0.25) is 0 Å². The van der Waals surface area contributed by atoms with E-state index in [4.69, 9.17) is 23.2 Å². The quantitative estimate of drug-likeness (QED) is 0.788. The van der Waals surface area contributed by atoms with Gasteiger partial charge in [0.25, 0.3) is 0 Å². The van der Waals surface area contributed by atoms with Gasteiger partial charge in [-0.25, -0.2) is 4.39 Å². The molecule has 20 heavy (non-hydrogen) atoms. The number of halogens is 3. The zero-order valence-electron chi connectivity index (χ0n) is 11.2. The smallest absolute Gasteiger partial charge is 0.142 e. The number of rotatable bonds is 5. The molecule has 4 heteroatoms. The number of nitrogens with one attached hydrogen (secondary N) is 1. The van der Waals surface area contributed by atoms with Crippen molar-refractivity contribution in [1.82, 2.24) is 5.32 Å². The van der Waals surface area contributed by atoms with E-state index >= 15 is 0 Å². The number of hydrogen-bond donors (Lipinski definition) is 1. The largest absolute Gasteiger partial charge is 0.302 e. The Morgan fingerprint density at radius 1 is 1.10 bits per heavy atom. The Bertz CT molecular complexity index is 574. The van der Waals surface area contributed by atoms with Gasteiger partial charge in [-0.05, 0) is 24.1 Å². The highest BCUT2D eigenvalue weighted by Gasteiger charge is 2.25. The summed E-state index contributed by atoms with van der Waals surface area (Å²) in [4.78, 5) is 0. The van der Waals surface area contributed by atoms with E-state index in [1.165, 1.54) is 6.07 Å². The Labute approximate surface area is 128 Å². The molecular formula is C16H16Cl2FN. The van der Waals surface area contributed by atoms with Gasteiger partial charge in [-0.15, -0.1) is 11.6 Å². The molecule has 0 aliphatic rings. The van der Waals surface area contributed by atoms with Crippen molar-refractivity contribution in [3.63, 3.8) is 0 Å². The maximum absolute atomic E-state index is 13.4. The van der Waals surface area contributed by atoms with Gasteiger partial charge in [-0.2, -0.15) is 0 Å². The summed E-state index contributed by atoms with van der Waals surface area (Å²) in [5, 5.41) is 3.52. The Morgan fingerprint density at radius 2 is 1.80 bits per heavy atom. The first-order valence-electron chi connectivity index (χ1n) is 6.36. The minimum Gasteiger partial charge on any atom is -0.302 e. The van der Waals surface area contributed by atoms with E-state index in [9.17, 15) is 4.39 Å². The molecule has 0 amide bonds. The van der Waals surface area contributed by atoms with Gasteiger partial charge in [0.15, 0.2) is 0 Å². The molecule has 0 heterocycles. The van der Waals surface area contributed by atoms with E-state index in [1.807, 2.05) is 37.3 Å². The fourth-order valence-electron chi connectivity index (χ4n) is 2.01. The highest BCUT2D eigenvalue weighted by molar-refractivity contribution is 6.31. The van der Waals surface area contributed by atoms with Crippen LogP contribution in [0.25, 0.3) is 0 Å². The molecular weight excluding hydrogens is 296 g/mol. The molecule has 2 aromatic rings. The molecule has 0 radical (unpaired) electrons. The monoisotopic (exact) mass is 311 g/mol. The third-order valence-electron chi connectivity index (χ3n) is 3.38. The fraction of sp³-hybridized carbons (Fsp3) is 0.250. The predicted octanol–water partition coefficient (Wildman–Crippen LogP) is 4.72. The van der Waals surface area contributed by atoms with Crippen LogP contribution in [0.4, 0.5) is 4.39 Å². The first-order valence-corrected chi connectivity index (χ1v) is 7.27. The topological polar surface area (TPSA) is 12.0 Å². The summed E-state index contributed by atoms with van der Waals surface area (Å²) < 4.78 is 13.4. The molecule has 0 spiro atoms. The Balaban J connectivity index is 2.17. The molecule has 0 aliphatic carbocycles. The van der Waals surface area contributed by atoms with Crippen LogP contribution >= 0.6 is 23.2 Å². The third kappa shape index (κ3) is 3.32. The summed E-state index contributed by atoms with van der Waals surface area (Å²) in [5.41, 5.74) is 1.42. The van der Waals surface area contributed by atoms with Gasteiger partial charge in [0.1, 0.15) is 5.82 Å². The van der Waals surface area contributed by atoms with Crippen molar-refractivity contribution in [3.05, 3.63) is 70.5 Å². The Hall–Kier alpha value is -1.09. The van der Waals surface area contributed by atoms with Crippen LogP contribution in [0, 0.1) is 5.82 Å². The zero-order valence-corrected chi connectivity index (χ0v) is 12.7. The standard InChI is InChI=1S/C16H16Cl2FN/c1-16(11-17,13-7-3-2-4-8-13)20-10-12-6-5-9-14(19)15(12)18/h2-9,20H,10-11H2,1H3. The van der Waals surface area contributed by atoms with Crippen LogP contribution in [0.2, 0.25) is 5.02 Å². The average molecular weight is 312 g/mol. The first-order chi connectivity index (χ1) is 9.57. The highest BCUT2D eigenvalue weighted by Crippen LogP contribution is 2.25. The van der Waals surface area contributed by atoms with Crippen molar-refractivity contribution in [2.45, 2.75) is 19.0 Å². The summed E-state index contributed by atoms with van der Waals surface area (Å²) >= 11 is 12.1. The van der Waals surface area contributed by atoms with Crippen LogP contribution in [0.1, 0.15) is 18.1 Å².